The number of carboxylic acid groups (broad SMARTS) is 1. The smallest absolute Gasteiger partial charge is 0.320 e. The first-order chi connectivity index (χ1) is 27.5. The van der Waals surface area contributed by atoms with Crippen molar-refractivity contribution >= 4 is 52.2 Å². The molecule has 0 bridgehead atoms. The predicted octanol–water partition coefficient (Wildman–Crippen LogP) is 1.93. The fraction of sp³-hybridized carbons (Fsp3) is 0.450. The highest BCUT2D eigenvalue weighted by Gasteiger charge is 2.50. The number of hydrogen-bond acceptors (Lipinski definition) is 15. The summed E-state index contributed by atoms with van der Waals surface area (Å²) in [6, 6.07) is 10.4. The number of anilines is 1. The number of halogens is 2. The molecule has 18 heteroatoms. The largest absolute Gasteiger partial charge is 0.507 e. The van der Waals surface area contributed by atoms with Crippen LogP contribution in [0.3, 0.4) is 0 Å². The van der Waals surface area contributed by atoms with Gasteiger partial charge in [0.25, 0.3) is 0 Å². The van der Waals surface area contributed by atoms with Crippen molar-refractivity contribution in [2.45, 2.75) is 74.9 Å². The van der Waals surface area contributed by atoms with Gasteiger partial charge in [0, 0.05) is 72.5 Å². The van der Waals surface area contributed by atoms with Crippen LogP contribution in [0.2, 0.25) is 0 Å². The van der Waals surface area contributed by atoms with Crippen LogP contribution in [0.4, 0.5) is 5.69 Å². The summed E-state index contributed by atoms with van der Waals surface area (Å²) < 4.78 is 17.0. The van der Waals surface area contributed by atoms with Gasteiger partial charge in [0.2, 0.25) is 5.78 Å². The van der Waals surface area contributed by atoms with Crippen molar-refractivity contribution < 1.29 is 64.0 Å². The number of phenols is 2. The lowest BCUT2D eigenvalue weighted by molar-refractivity contribution is -0.247. The summed E-state index contributed by atoms with van der Waals surface area (Å²) in [4.78, 5) is 52.5. The zero-order chi connectivity index (χ0) is 42.6. The summed E-state index contributed by atoms with van der Waals surface area (Å²) in [5, 5.41) is 62.5. The van der Waals surface area contributed by atoms with Gasteiger partial charge < -0.3 is 61.2 Å². The first kappa shape index (κ1) is 44.7. The van der Waals surface area contributed by atoms with E-state index >= 15 is 0 Å². The fourth-order valence-electron chi connectivity index (χ4n) is 7.51. The number of benzene rings is 3. The van der Waals surface area contributed by atoms with E-state index in [0.717, 1.165) is 24.3 Å². The zero-order valence-corrected chi connectivity index (χ0v) is 33.3. The second-order valence-corrected chi connectivity index (χ2v) is 15.1. The van der Waals surface area contributed by atoms with E-state index in [9.17, 15) is 44.7 Å². The minimum absolute atomic E-state index is 0.0173. The average molecular weight is 849 g/mol. The normalized spacial score (nSPS) is 24.1. The quantitative estimate of drug-likeness (QED) is 0.0705. The number of rotatable bonds is 13. The Morgan fingerprint density at radius 2 is 1.66 bits per heavy atom. The number of aromatic hydroxyl groups is 2. The van der Waals surface area contributed by atoms with E-state index in [4.69, 9.17) is 54.0 Å². The van der Waals surface area contributed by atoms with Gasteiger partial charge in [-0.3, -0.25) is 19.2 Å². The summed E-state index contributed by atoms with van der Waals surface area (Å²) in [6.45, 7) is 2.01. The number of carboxylic acids is 1. The van der Waals surface area contributed by atoms with Gasteiger partial charge in [-0.25, -0.2) is 0 Å². The standard InChI is InChI=1S/C27H29NO11.C13H18Cl2N2O2/c1-10-22(31)13(28)6-17(38-10)39-15-8-27(36,16(30)9-29)7-12-19(15)26(35)21-20(24(12)33)23(32)11-4-3-5-14(37-2)18(11)25(21)34;14-5-7-17(8-6-15)11-3-1-10(2-4-11)9-12(16)13(18)19/h3-5,10,13,15,17,22,29,31,33,35-36H,6-9,28H2,1-2H3;1-4,12H,5-9,16H2,(H,18,19)/t10-,13-,15-,17-,22+,27-;12-/m00/s1. The number of ketones is 3. The summed E-state index contributed by atoms with van der Waals surface area (Å²) >= 11 is 11.5. The van der Waals surface area contributed by atoms with Gasteiger partial charge in [0.1, 0.15) is 35.5 Å². The van der Waals surface area contributed by atoms with E-state index in [0.29, 0.717) is 18.2 Å². The maximum atomic E-state index is 13.6. The van der Waals surface area contributed by atoms with Gasteiger partial charge in [-0.05, 0) is 37.1 Å². The monoisotopic (exact) mass is 847 g/mol. The number of carbonyl (C=O) groups excluding carboxylic acids is 3. The van der Waals surface area contributed by atoms with Crippen molar-refractivity contribution in [2.75, 3.05) is 43.5 Å². The van der Waals surface area contributed by atoms with Gasteiger partial charge in [0.15, 0.2) is 17.9 Å². The number of phenolic OH excluding ortho intramolecular Hbond substituents is 2. The molecule has 7 atom stereocenters. The molecule has 6 rings (SSSR count). The molecule has 16 nitrogen and oxygen atoms in total. The van der Waals surface area contributed by atoms with Crippen molar-refractivity contribution in [3.05, 3.63) is 81.4 Å². The molecule has 58 heavy (non-hydrogen) atoms. The molecule has 0 spiro atoms. The van der Waals surface area contributed by atoms with E-state index in [1.807, 2.05) is 24.3 Å². The maximum absolute atomic E-state index is 13.6. The number of carbonyl (C=O) groups is 4. The van der Waals surface area contributed by atoms with Gasteiger partial charge in [-0.15, -0.1) is 23.2 Å². The molecule has 3 aromatic rings. The maximum Gasteiger partial charge on any atom is 0.320 e. The van der Waals surface area contributed by atoms with E-state index in [-0.39, 0.29) is 34.4 Å². The Kier molecular flexibility index (Phi) is 14.4. The van der Waals surface area contributed by atoms with Gasteiger partial charge >= 0.3 is 5.97 Å². The molecule has 0 amide bonds. The lowest BCUT2D eigenvalue weighted by Crippen LogP contribution is -2.53. The molecule has 2 aliphatic carbocycles. The number of Topliss-reactive ketones (excluding diaryl/α,β-unsaturated/α-hetero) is 1. The second-order valence-electron chi connectivity index (χ2n) is 14.3. The van der Waals surface area contributed by atoms with Crippen molar-refractivity contribution in [1.82, 2.24) is 0 Å². The number of nitrogens with two attached hydrogens (primary N) is 2. The second kappa shape index (κ2) is 18.7. The highest BCUT2D eigenvalue weighted by Crippen LogP contribution is 2.52. The summed E-state index contributed by atoms with van der Waals surface area (Å²) in [6.07, 6.45) is -4.80. The molecule has 1 aliphatic heterocycles. The molecule has 314 valence electrons. The van der Waals surface area contributed by atoms with Gasteiger partial charge in [-0.2, -0.15) is 0 Å². The number of fused-ring (bicyclic) bond motifs is 3. The van der Waals surface area contributed by atoms with E-state index < -0.39 is 108 Å². The molecular weight excluding hydrogens is 801 g/mol. The Balaban J connectivity index is 0.000000284. The third kappa shape index (κ3) is 8.95. The molecular formula is C40H47Cl2N3O13. The number of ether oxygens (including phenoxy) is 3. The number of nitrogens with zero attached hydrogens (tertiary/aromatic N) is 1. The lowest BCUT2D eigenvalue weighted by Gasteiger charge is -2.42. The van der Waals surface area contributed by atoms with Crippen LogP contribution in [0.1, 0.15) is 74.4 Å². The third-order valence-electron chi connectivity index (χ3n) is 10.6. The molecule has 10 N–H and O–H groups in total. The highest BCUT2D eigenvalue weighted by atomic mass is 35.5. The predicted molar refractivity (Wildman–Crippen MR) is 211 cm³/mol. The van der Waals surface area contributed by atoms with Crippen LogP contribution in [0, 0.1) is 0 Å². The summed E-state index contributed by atoms with van der Waals surface area (Å²) in [7, 11) is 1.32. The van der Waals surface area contributed by atoms with Crippen LogP contribution in [-0.2, 0) is 31.9 Å². The number of aliphatic hydroxyl groups is 3. The van der Waals surface area contributed by atoms with Crippen LogP contribution >= 0.6 is 23.2 Å². The van der Waals surface area contributed by atoms with E-state index in [1.165, 1.54) is 25.3 Å². The Bertz CT molecular complexity index is 2020. The minimum Gasteiger partial charge on any atom is -0.507 e. The van der Waals surface area contributed by atoms with Crippen molar-refractivity contribution in [2.24, 2.45) is 11.5 Å². The van der Waals surface area contributed by atoms with Crippen LogP contribution in [0.5, 0.6) is 17.2 Å². The SMILES string of the molecule is COc1cccc2c1C(=O)c1c(O)c3c(c(O)c1C2=O)C[C@@](O)(C(=O)CO)C[C@@H]3O[C@H]1C[C@H](N)[C@H](O)[C@H](C)O1.N[C@@H](Cc1ccc(N(CCCl)CCCl)cc1)C(=O)O. The van der Waals surface area contributed by atoms with Gasteiger partial charge in [-0.1, -0.05) is 24.3 Å². The first-order valence-electron chi connectivity index (χ1n) is 18.4. The van der Waals surface area contributed by atoms with Crippen molar-refractivity contribution in [3.8, 4) is 17.2 Å². The Labute approximate surface area is 343 Å². The van der Waals surface area contributed by atoms with Crippen LogP contribution in [-0.4, -0.2) is 129 Å². The molecule has 3 aliphatic rings. The summed E-state index contributed by atoms with van der Waals surface area (Å²) in [5.41, 5.74) is 9.79. The Morgan fingerprint density at radius 3 is 2.22 bits per heavy atom. The molecule has 0 saturated carbocycles. The molecule has 3 aromatic carbocycles. The number of hydrogen-bond donors (Lipinski definition) is 8. The average Bonchev–Trinajstić information content (AvgIpc) is 3.19. The topological polar surface area (TPSA) is 273 Å². The molecule has 1 fully saturated rings. The van der Waals surface area contributed by atoms with Crippen molar-refractivity contribution in [3.63, 3.8) is 0 Å². The molecule has 0 unspecified atom stereocenters. The van der Waals surface area contributed by atoms with E-state index in [2.05, 4.69) is 4.90 Å². The minimum atomic E-state index is -2.24. The Morgan fingerprint density at radius 1 is 1.02 bits per heavy atom. The number of methoxy groups -OCH3 is 1. The van der Waals surface area contributed by atoms with Crippen LogP contribution in [0.15, 0.2) is 42.5 Å². The van der Waals surface area contributed by atoms with E-state index in [1.54, 1.807) is 6.92 Å². The van der Waals surface area contributed by atoms with Crippen LogP contribution < -0.4 is 21.1 Å². The lowest BCUT2D eigenvalue weighted by atomic mass is 9.72. The highest BCUT2D eigenvalue weighted by molar-refractivity contribution is 6.31. The Hall–Kier alpha value is -4.36. The number of aliphatic carboxylic acids is 1. The zero-order valence-electron chi connectivity index (χ0n) is 31.8. The van der Waals surface area contributed by atoms with Crippen LogP contribution in [0.25, 0.3) is 0 Å². The summed E-state index contributed by atoms with van der Waals surface area (Å²) in [5.74, 6) is -3.70. The first-order valence-corrected chi connectivity index (χ1v) is 19.5. The molecule has 0 radical (unpaired) electrons. The molecule has 0 aromatic heterocycles. The number of alkyl halides is 2. The van der Waals surface area contributed by atoms with Gasteiger partial charge in [0.05, 0.1) is 42.1 Å². The molecule has 1 heterocycles. The fourth-order valence-corrected chi connectivity index (χ4v) is 7.92. The molecule has 1 saturated heterocycles. The third-order valence-corrected chi connectivity index (χ3v) is 10.9. The number of aliphatic hydroxyl groups excluding tert-OH is 2. The van der Waals surface area contributed by atoms with Crippen molar-refractivity contribution in [1.29, 1.82) is 0 Å².